The fraction of sp³-hybridized carbons (Fsp3) is 0.550. The van der Waals surface area contributed by atoms with Crippen molar-refractivity contribution in [2.75, 3.05) is 18.4 Å². The quantitative estimate of drug-likeness (QED) is 0.896. The van der Waals surface area contributed by atoms with Gasteiger partial charge in [-0.3, -0.25) is 20.0 Å². The Morgan fingerprint density at radius 2 is 2.04 bits per heavy atom. The van der Waals surface area contributed by atoms with Crippen LogP contribution in [0.4, 0.5) is 5.95 Å². The molecule has 0 aromatic carbocycles. The van der Waals surface area contributed by atoms with Gasteiger partial charge >= 0.3 is 0 Å². The van der Waals surface area contributed by atoms with E-state index in [0.29, 0.717) is 11.9 Å². The van der Waals surface area contributed by atoms with Crippen molar-refractivity contribution in [2.45, 2.75) is 46.6 Å². The third kappa shape index (κ3) is 4.69. The fourth-order valence-corrected chi connectivity index (χ4v) is 3.93. The molecule has 0 aliphatic carbocycles. The number of amides is 1. The van der Waals surface area contributed by atoms with E-state index in [4.69, 9.17) is 0 Å². The van der Waals surface area contributed by atoms with Gasteiger partial charge in [-0.05, 0) is 63.3 Å². The summed E-state index contributed by atoms with van der Waals surface area (Å²) in [6, 6.07) is 4.43. The Morgan fingerprint density at radius 1 is 1.31 bits per heavy atom. The van der Waals surface area contributed by atoms with Crippen molar-refractivity contribution in [1.82, 2.24) is 19.4 Å². The number of piperidine rings is 1. The van der Waals surface area contributed by atoms with Crippen LogP contribution in [0.1, 0.15) is 42.4 Å². The summed E-state index contributed by atoms with van der Waals surface area (Å²) in [6.07, 6.45) is 5.48. The molecule has 3 heterocycles. The summed E-state index contributed by atoms with van der Waals surface area (Å²) in [5, 5.41) is 2.77. The molecule has 0 radical (unpaired) electrons. The van der Waals surface area contributed by atoms with Gasteiger partial charge in [0.15, 0.2) is 0 Å². The van der Waals surface area contributed by atoms with E-state index in [2.05, 4.69) is 46.2 Å². The number of nitrogens with one attached hydrogen (secondary N) is 1. The predicted molar refractivity (Wildman–Crippen MR) is 103 cm³/mol. The van der Waals surface area contributed by atoms with Crippen LogP contribution in [0, 0.1) is 19.8 Å². The first-order chi connectivity index (χ1) is 12.4. The molecule has 26 heavy (non-hydrogen) atoms. The molecule has 1 aliphatic heterocycles. The van der Waals surface area contributed by atoms with Crippen molar-refractivity contribution in [3.8, 4) is 0 Å². The molecule has 1 atom stereocenters. The second kappa shape index (κ2) is 7.99. The Labute approximate surface area is 155 Å². The van der Waals surface area contributed by atoms with Crippen LogP contribution >= 0.6 is 0 Å². The first-order valence-corrected chi connectivity index (χ1v) is 9.35. The SMILES string of the molecule is CC(=O)Nc1ncc(CN2CCCC(Cc3cc(C)nc(C)c3)C2)n1C. The number of aryl methyl sites for hydroxylation is 2. The molecule has 0 spiro atoms. The molecule has 3 rings (SSSR count). The maximum atomic E-state index is 11.2. The van der Waals surface area contributed by atoms with Crippen LogP contribution in [-0.2, 0) is 24.8 Å². The number of nitrogens with zero attached hydrogens (tertiary/aromatic N) is 4. The number of imidazole rings is 1. The number of pyridine rings is 1. The third-order valence-corrected chi connectivity index (χ3v) is 5.03. The molecule has 1 N–H and O–H groups in total. The van der Waals surface area contributed by atoms with Gasteiger partial charge in [-0.25, -0.2) is 4.98 Å². The van der Waals surface area contributed by atoms with Crippen LogP contribution in [0.3, 0.4) is 0 Å². The number of rotatable bonds is 5. The van der Waals surface area contributed by atoms with E-state index >= 15 is 0 Å². The second-order valence-electron chi connectivity index (χ2n) is 7.52. The highest BCUT2D eigenvalue weighted by Crippen LogP contribution is 2.23. The van der Waals surface area contributed by atoms with Gasteiger partial charge in [-0.15, -0.1) is 0 Å². The van der Waals surface area contributed by atoms with Crippen molar-refractivity contribution < 1.29 is 4.79 Å². The molecule has 2 aromatic rings. The Bertz CT molecular complexity index is 762. The fourth-order valence-electron chi connectivity index (χ4n) is 3.93. The molecular formula is C20H29N5O. The molecule has 2 aromatic heterocycles. The lowest BCUT2D eigenvalue weighted by atomic mass is 9.91. The standard InChI is InChI=1S/C20H29N5O/c1-14-8-18(9-15(2)22-14)10-17-6-5-7-25(12-17)13-19-11-21-20(24(19)4)23-16(3)26/h8-9,11,17H,5-7,10,12-13H2,1-4H3,(H,21,23,26). The van der Waals surface area contributed by atoms with Crippen LogP contribution in [0.5, 0.6) is 0 Å². The minimum absolute atomic E-state index is 0.0915. The first-order valence-electron chi connectivity index (χ1n) is 9.35. The van der Waals surface area contributed by atoms with Crippen molar-refractivity contribution in [1.29, 1.82) is 0 Å². The highest BCUT2D eigenvalue weighted by Gasteiger charge is 2.22. The van der Waals surface area contributed by atoms with E-state index in [9.17, 15) is 4.79 Å². The van der Waals surface area contributed by atoms with E-state index in [-0.39, 0.29) is 5.91 Å². The van der Waals surface area contributed by atoms with Crippen LogP contribution in [0.15, 0.2) is 18.3 Å². The van der Waals surface area contributed by atoms with E-state index in [1.165, 1.54) is 25.3 Å². The maximum absolute atomic E-state index is 11.2. The molecule has 6 nitrogen and oxygen atoms in total. The number of hydrogen-bond donors (Lipinski definition) is 1. The van der Waals surface area contributed by atoms with Crippen LogP contribution < -0.4 is 5.32 Å². The van der Waals surface area contributed by atoms with Gasteiger partial charge in [0, 0.05) is 38.4 Å². The van der Waals surface area contributed by atoms with E-state index in [1.807, 2.05) is 17.8 Å². The third-order valence-electron chi connectivity index (χ3n) is 5.03. The number of aromatic nitrogens is 3. The van der Waals surface area contributed by atoms with Crippen LogP contribution in [-0.4, -0.2) is 38.4 Å². The largest absolute Gasteiger partial charge is 0.316 e. The number of carbonyl (C=O) groups excluding carboxylic acids is 1. The minimum Gasteiger partial charge on any atom is -0.316 e. The molecule has 0 bridgehead atoms. The van der Waals surface area contributed by atoms with Gasteiger partial charge in [-0.1, -0.05) is 0 Å². The average Bonchev–Trinajstić information content (AvgIpc) is 2.87. The van der Waals surface area contributed by atoms with Gasteiger partial charge in [0.25, 0.3) is 0 Å². The smallest absolute Gasteiger partial charge is 0.223 e. The highest BCUT2D eigenvalue weighted by atomic mass is 16.1. The minimum atomic E-state index is -0.0915. The predicted octanol–water partition coefficient (Wildman–Crippen LogP) is 2.85. The summed E-state index contributed by atoms with van der Waals surface area (Å²) >= 11 is 0. The van der Waals surface area contributed by atoms with Gasteiger partial charge < -0.3 is 4.57 Å². The van der Waals surface area contributed by atoms with E-state index < -0.39 is 0 Å². The Hall–Kier alpha value is -2.21. The zero-order valence-corrected chi connectivity index (χ0v) is 16.2. The van der Waals surface area contributed by atoms with Crippen LogP contribution in [0.25, 0.3) is 0 Å². The summed E-state index contributed by atoms with van der Waals surface area (Å²) < 4.78 is 1.97. The summed E-state index contributed by atoms with van der Waals surface area (Å²) in [6.45, 7) is 8.73. The number of anilines is 1. The summed E-state index contributed by atoms with van der Waals surface area (Å²) in [5.74, 6) is 1.20. The van der Waals surface area contributed by atoms with Gasteiger partial charge in [0.1, 0.15) is 0 Å². The average molecular weight is 355 g/mol. The van der Waals surface area contributed by atoms with Crippen molar-refractivity contribution >= 4 is 11.9 Å². The maximum Gasteiger partial charge on any atom is 0.223 e. The first kappa shape index (κ1) is 18.6. The molecule has 1 aliphatic rings. The zero-order chi connectivity index (χ0) is 18.7. The Kier molecular flexibility index (Phi) is 5.71. The molecular weight excluding hydrogens is 326 g/mol. The molecule has 1 unspecified atom stereocenters. The Morgan fingerprint density at radius 3 is 2.73 bits per heavy atom. The summed E-state index contributed by atoms with van der Waals surface area (Å²) in [4.78, 5) is 22.6. The highest BCUT2D eigenvalue weighted by molar-refractivity contribution is 5.86. The van der Waals surface area contributed by atoms with Crippen LogP contribution in [0.2, 0.25) is 0 Å². The van der Waals surface area contributed by atoms with Crippen molar-refractivity contribution in [3.05, 3.63) is 41.0 Å². The monoisotopic (exact) mass is 355 g/mol. The normalized spacial score (nSPS) is 18.1. The lowest BCUT2D eigenvalue weighted by molar-refractivity contribution is -0.114. The van der Waals surface area contributed by atoms with E-state index in [0.717, 1.165) is 43.1 Å². The molecule has 140 valence electrons. The molecule has 1 saturated heterocycles. The van der Waals surface area contributed by atoms with E-state index in [1.54, 1.807) is 0 Å². The lowest BCUT2D eigenvalue weighted by Gasteiger charge is -2.32. The summed E-state index contributed by atoms with van der Waals surface area (Å²) in [5.41, 5.74) is 4.74. The Balaban J connectivity index is 1.62. The molecule has 6 heteroatoms. The molecule has 1 fully saturated rings. The molecule has 1 amide bonds. The number of likely N-dealkylation sites (tertiary alicyclic amines) is 1. The van der Waals surface area contributed by atoms with Crippen molar-refractivity contribution in [3.63, 3.8) is 0 Å². The van der Waals surface area contributed by atoms with Gasteiger partial charge in [-0.2, -0.15) is 0 Å². The number of hydrogen-bond acceptors (Lipinski definition) is 4. The second-order valence-corrected chi connectivity index (χ2v) is 7.52. The summed E-state index contributed by atoms with van der Waals surface area (Å²) in [7, 11) is 1.96. The lowest BCUT2D eigenvalue weighted by Crippen LogP contribution is -2.36. The number of carbonyl (C=O) groups is 1. The van der Waals surface area contributed by atoms with Gasteiger partial charge in [0.2, 0.25) is 11.9 Å². The zero-order valence-electron chi connectivity index (χ0n) is 16.2. The van der Waals surface area contributed by atoms with Gasteiger partial charge in [0.05, 0.1) is 11.9 Å². The van der Waals surface area contributed by atoms with Crippen molar-refractivity contribution in [2.24, 2.45) is 13.0 Å². The molecule has 0 saturated carbocycles. The topological polar surface area (TPSA) is 63.1 Å².